The van der Waals surface area contributed by atoms with Crippen LogP contribution in [0, 0.1) is 11.3 Å². The molecule has 0 aliphatic heterocycles. The van der Waals surface area contributed by atoms with Crippen LogP contribution in [0.15, 0.2) is 71.5 Å². The van der Waals surface area contributed by atoms with E-state index < -0.39 is 11.5 Å². The number of carbonyl (C=O) groups is 1. The first-order valence-electron chi connectivity index (χ1n) is 11.6. The van der Waals surface area contributed by atoms with Crippen molar-refractivity contribution in [3.8, 4) is 34.8 Å². The van der Waals surface area contributed by atoms with Crippen molar-refractivity contribution in [1.82, 2.24) is 4.57 Å². The summed E-state index contributed by atoms with van der Waals surface area (Å²) < 4.78 is 23.4. The van der Waals surface area contributed by atoms with Gasteiger partial charge in [-0.05, 0) is 48.0 Å². The second-order valence-corrected chi connectivity index (χ2v) is 9.02. The van der Waals surface area contributed by atoms with Crippen LogP contribution in [0.2, 0.25) is 0 Å². The number of thiazole rings is 1. The maximum absolute atomic E-state index is 13.7. The number of hydrogen-bond donors (Lipinski definition) is 1. The molecule has 39 heavy (non-hydrogen) atoms. The third-order valence-electron chi connectivity index (χ3n) is 5.73. The minimum absolute atomic E-state index is 0.180. The molecule has 0 atom stereocenters. The molecular weight excluding hydrogens is 518 g/mol. The summed E-state index contributed by atoms with van der Waals surface area (Å²) in [6.07, 6.45) is 1.65. The molecule has 1 amide bonds. The Balaban J connectivity index is 1.97. The highest BCUT2D eigenvalue weighted by Crippen LogP contribution is 2.38. The van der Waals surface area contributed by atoms with E-state index in [2.05, 4.69) is 5.32 Å². The third kappa shape index (κ3) is 5.49. The number of amides is 1. The normalized spacial score (nSPS) is 11.8. The van der Waals surface area contributed by atoms with Gasteiger partial charge in [-0.25, -0.2) is 0 Å². The van der Waals surface area contributed by atoms with Crippen molar-refractivity contribution < 1.29 is 23.7 Å². The molecule has 4 aromatic rings. The Labute approximate surface area is 228 Å². The van der Waals surface area contributed by atoms with Crippen molar-refractivity contribution in [2.24, 2.45) is 0 Å². The Kier molecular flexibility index (Phi) is 8.33. The molecule has 0 radical (unpaired) electrons. The highest BCUT2D eigenvalue weighted by atomic mass is 32.1. The average molecular weight is 544 g/mol. The van der Waals surface area contributed by atoms with Crippen molar-refractivity contribution in [2.75, 3.05) is 33.8 Å². The first-order valence-corrected chi connectivity index (χ1v) is 12.4. The van der Waals surface area contributed by atoms with Crippen molar-refractivity contribution in [1.29, 1.82) is 5.26 Å². The zero-order chi connectivity index (χ0) is 27.9. The van der Waals surface area contributed by atoms with Gasteiger partial charge in [0.2, 0.25) is 5.75 Å². The SMILES string of the molecule is COc1ccccc1NC(=O)/C(C#N)=c1\s/c(=C\c2cc(OC)c(OC)c(OC)c2)c(=O)n1-c1ccccc1. The molecule has 0 saturated carbocycles. The number of carbonyl (C=O) groups excluding carboxylic acids is 1. The summed E-state index contributed by atoms with van der Waals surface area (Å²) in [6.45, 7) is 0. The maximum Gasteiger partial charge on any atom is 0.273 e. The Morgan fingerprint density at radius 1 is 0.897 bits per heavy atom. The number of aromatic nitrogens is 1. The lowest BCUT2D eigenvalue weighted by molar-refractivity contribution is -0.111. The molecule has 10 heteroatoms. The smallest absolute Gasteiger partial charge is 0.273 e. The summed E-state index contributed by atoms with van der Waals surface area (Å²) >= 11 is 1.02. The number of nitriles is 1. The molecule has 0 unspecified atom stereocenters. The van der Waals surface area contributed by atoms with Gasteiger partial charge in [0.25, 0.3) is 11.5 Å². The molecule has 1 aromatic heterocycles. The Morgan fingerprint density at radius 2 is 1.51 bits per heavy atom. The topological polar surface area (TPSA) is 112 Å². The summed E-state index contributed by atoms with van der Waals surface area (Å²) in [5.74, 6) is 1.02. The lowest BCUT2D eigenvalue weighted by Gasteiger charge is -2.12. The fourth-order valence-electron chi connectivity index (χ4n) is 3.93. The molecule has 1 heterocycles. The van der Waals surface area contributed by atoms with Gasteiger partial charge in [-0.2, -0.15) is 5.26 Å². The summed E-state index contributed by atoms with van der Waals surface area (Å²) in [5, 5.41) is 12.8. The number of hydrogen-bond acceptors (Lipinski definition) is 8. The van der Waals surface area contributed by atoms with E-state index in [1.807, 2.05) is 12.1 Å². The van der Waals surface area contributed by atoms with Crippen molar-refractivity contribution in [3.05, 3.63) is 91.8 Å². The third-order valence-corrected chi connectivity index (χ3v) is 6.82. The van der Waals surface area contributed by atoms with E-state index in [9.17, 15) is 14.9 Å². The number of benzene rings is 3. The number of para-hydroxylation sites is 3. The molecule has 0 bridgehead atoms. The van der Waals surface area contributed by atoms with Crippen LogP contribution in [0.1, 0.15) is 5.56 Å². The first kappa shape index (κ1) is 27.0. The zero-order valence-corrected chi connectivity index (χ0v) is 22.5. The second kappa shape index (κ2) is 12.0. The predicted molar refractivity (Wildman–Crippen MR) is 149 cm³/mol. The monoisotopic (exact) mass is 543 g/mol. The lowest BCUT2D eigenvalue weighted by atomic mass is 10.1. The molecule has 0 aliphatic carbocycles. The van der Waals surface area contributed by atoms with Crippen molar-refractivity contribution in [3.63, 3.8) is 0 Å². The first-order chi connectivity index (χ1) is 18.9. The van der Waals surface area contributed by atoms with Gasteiger partial charge in [0.15, 0.2) is 17.1 Å². The van der Waals surface area contributed by atoms with Crippen molar-refractivity contribution >= 4 is 34.6 Å². The highest BCUT2D eigenvalue weighted by molar-refractivity contribution is 7.07. The quantitative estimate of drug-likeness (QED) is 0.364. The van der Waals surface area contributed by atoms with E-state index >= 15 is 0 Å². The van der Waals surface area contributed by atoms with Gasteiger partial charge in [0.1, 0.15) is 16.5 Å². The molecule has 4 rings (SSSR count). The fourth-order valence-corrected chi connectivity index (χ4v) is 5.03. The van der Waals surface area contributed by atoms with Crippen LogP contribution in [0.4, 0.5) is 5.69 Å². The maximum atomic E-state index is 13.7. The van der Waals surface area contributed by atoms with Gasteiger partial charge in [0, 0.05) is 0 Å². The molecule has 3 aromatic carbocycles. The van der Waals surface area contributed by atoms with Crippen molar-refractivity contribution in [2.45, 2.75) is 0 Å². The fraction of sp³-hybridized carbons (Fsp3) is 0.138. The average Bonchev–Trinajstić information content (AvgIpc) is 3.28. The standard InChI is InChI=1S/C29H25N3O6S/c1-35-22-13-9-8-12-21(22)31-27(33)20(17-30)29-32(19-10-6-5-7-11-19)28(34)25(39-29)16-18-14-23(36-2)26(38-4)24(15-18)37-3/h5-16H,1-4H3,(H,31,33)/b25-16-,29-20-. The summed E-state index contributed by atoms with van der Waals surface area (Å²) in [7, 11) is 5.99. The van der Waals surface area contributed by atoms with Gasteiger partial charge in [-0.1, -0.05) is 30.3 Å². The summed E-state index contributed by atoms with van der Waals surface area (Å²) in [5.41, 5.74) is 0.888. The molecule has 198 valence electrons. The van der Waals surface area contributed by atoms with Crippen LogP contribution in [0.3, 0.4) is 0 Å². The van der Waals surface area contributed by atoms with E-state index in [0.717, 1.165) is 11.3 Å². The molecule has 1 N–H and O–H groups in total. The zero-order valence-electron chi connectivity index (χ0n) is 21.7. The van der Waals surface area contributed by atoms with Gasteiger partial charge in [0.05, 0.1) is 44.3 Å². The Bertz CT molecular complexity index is 1710. The summed E-state index contributed by atoms with van der Waals surface area (Å²) in [6, 6.07) is 21.1. The number of anilines is 1. The molecular formula is C29H25N3O6S. The van der Waals surface area contributed by atoms with E-state index in [1.165, 1.54) is 33.0 Å². The Morgan fingerprint density at radius 3 is 2.10 bits per heavy atom. The van der Waals surface area contributed by atoms with Gasteiger partial charge >= 0.3 is 0 Å². The van der Waals surface area contributed by atoms with E-state index in [0.29, 0.717) is 44.5 Å². The molecule has 0 saturated heterocycles. The lowest BCUT2D eigenvalue weighted by Crippen LogP contribution is -2.32. The minimum Gasteiger partial charge on any atom is -0.495 e. The van der Waals surface area contributed by atoms with Crippen LogP contribution in [-0.4, -0.2) is 38.9 Å². The molecule has 0 spiro atoms. The molecule has 0 aliphatic rings. The number of methoxy groups -OCH3 is 4. The molecule has 0 fully saturated rings. The number of nitrogens with one attached hydrogen (secondary N) is 1. The second-order valence-electron chi connectivity index (χ2n) is 7.99. The minimum atomic E-state index is -0.674. The highest BCUT2D eigenvalue weighted by Gasteiger charge is 2.19. The van der Waals surface area contributed by atoms with Crippen LogP contribution in [0.5, 0.6) is 23.0 Å². The number of nitrogens with zero attached hydrogens (tertiary/aromatic N) is 2. The largest absolute Gasteiger partial charge is 0.495 e. The number of rotatable bonds is 8. The van der Waals surface area contributed by atoms with Crippen LogP contribution >= 0.6 is 11.3 Å². The van der Waals surface area contributed by atoms with E-state index in [1.54, 1.807) is 66.7 Å². The summed E-state index contributed by atoms with van der Waals surface area (Å²) in [4.78, 5) is 27.0. The molecule has 9 nitrogen and oxygen atoms in total. The van der Waals surface area contributed by atoms with E-state index in [4.69, 9.17) is 18.9 Å². The predicted octanol–water partition coefficient (Wildman–Crippen LogP) is 3.08. The van der Waals surface area contributed by atoms with Crippen LogP contribution < -0.4 is 39.0 Å². The van der Waals surface area contributed by atoms with Gasteiger partial charge in [-0.15, -0.1) is 11.3 Å². The Hall–Kier alpha value is -5.01. The van der Waals surface area contributed by atoms with Gasteiger partial charge in [-0.3, -0.25) is 14.2 Å². The number of ether oxygens (including phenoxy) is 4. The van der Waals surface area contributed by atoms with E-state index in [-0.39, 0.29) is 10.2 Å². The van der Waals surface area contributed by atoms with Crippen LogP contribution in [-0.2, 0) is 4.79 Å². The van der Waals surface area contributed by atoms with Gasteiger partial charge < -0.3 is 24.3 Å². The van der Waals surface area contributed by atoms with Crippen LogP contribution in [0.25, 0.3) is 17.3 Å².